The Balaban J connectivity index is 2.45. The number of nitrogens with zero attached hydrogens (tertiary/aromatic N) is 3. The zero-order chi connectivity index (χ0) is 11.1. The minimum Gasteiger partial charge on any atom is -0.356 e. The van der Waals surface area contributed by atoms with E-state index < -0.39 is 0 Å². The van der Waals surface area contributed by atoms with Gasteiger partial charge in [0.15, 0.2) is 0 Å². The van der Waals surface area contributed by atoms with Gasteiger partial charge < -0.3 is 14.8 Å². The first-order valence-electron chi connectivity index (χ1n) is 5.79. The van der Waals surface area contributed by atoms with Crippen molar-refractivity contribution in [2.45, 2.75) is 27.3 Å². The van der Waals surface area contributed by atoms with E-state index in [9.17, 15) is 0 Å². The van der Waals surface area contributed by atoms with Gasteiger partial charge in [-0.15, -0.1) is 0 Å². The van der Waals surface area contributed by atoms with Crippen LogP contribution in [-0.4, -0.2) is 40.6 Å². The fourth-order valence-corrected chi connectivity index (χ4v) is 1.60. The topological polar surface area (TPSA) is 33.1 Å². The van der Waals surface area contributed by atoms with Gasteiger partial charge in [0.05, 0.1) is 0 Å². The molecule has 1 aromatic heterocycles. The highest BCUT2D eigenvalue weighted by Crippen LogP contribution is 2.03. The Bertz CT molecular complexity index is 265. The van der Waals surface area contributed by atoms with Gasteiger partial charge in [-0.25, -0.2) is 4.98 Å². The molecule has 1 aromatic rings. The minimum atomic E-state index is 0.919. The first kappa shape index (κ1) is 12.0. The second-order valence-corrected chi connectivity index (χ2v) is 3.50. The highest BCUT2D eigenvalue weighted by atomic mass is 15.2. The van der Waals surface area contributed by atoms with Gasteiger partial charge >= 0.3 is 0 Å². The van der Waals surface area contributed by atoms with Gasteiger partial charge in [-0.2, -0.15) is 0 Å². The SMILES string of the molecule is CCNc1nccn1CCN(CC)CC. The largest absolute Gasteiger partial charge is 0.356 e. The maximum atomic E-state index is 4.27. The standard InChI is InChI=1S/C11H22N4/c1-4-12-11-13-7-8-15(11)10-9-14(5-2)6-3/h7-8H,4-6,9-10H2,1-3H3,(H,12,13). The summed E-state index contributed by atoms with van der Waals surface area (Å²) in [5.74, 6) is 0.977. The van der Waals surface area contributed by atoms with Gasteiger partial charge in [-0.3, -0.25) is 0 Å². The monoisotopic (exact) mass is 210 g/mol. The van der Waals surface area contributed by atoms with Crippen LogP contribution in [0.5, 0.6) is 0 Å². The van der Waals surface area contributed by atoms with E-state index in [4.69, 9.17) is 0 Å². The van der Waals surface area contributed by atoms with Gasteiger partial charge in [-0.1, -0.05) is 13.8 Å². The molecule has 1 rings (SSSR count). The van der Waals surface area contributed by atoms with Crippen LogP contribution in [-0.2, 0) is 6.54 Å². The van der Waals surface area contributed by atoms with Crippen molar-refractivity contribution in [2.24, 2.45) is 0 Å². The summed E-state index contributed by atoms with van der Waals surface area (Å²) in [5.41, 5.74) is 0. The fourth-order valence-electron chi connectivity index (χ4n) is 1.60. The lowest BCUT2D eigenvalue weighted by Gasteiger charge is -2.18. The van der Waals surface area contributed by atoms with Crippen LogP contribution in [0.3, 0.4) is 0 Å². The third-order valence-electron chi connectivity index (χ3n) is 2.60. The molecule has 0 aromatic carbocycles. The zero-order valence-electron chi connectivity index (χ0n) is 10.0. The average Bonchev–Trinajstić information content (AvgIpc) is 2.68. The average molecular weight is 210 g/mol. The molecule has 0 radical (unpaired) electrons. The first-order valence-corrected chi connectivity index (χ1v) is 5.79. The molecule has 0 spiro atoms. The molecule has 1 N–H and O–H groups in total. The van der Waals surface area contributed by atoms with Crippen LogP contribution in [0, 0.1) is 0 Å². The molecular formula is C11H22N4. The van der Waals surface area contributed by atoms with Crippen molar-refractivity contribution < 1.29 is 0 Å². The fraction of sp³-hybridized carbons (Fsp3) is 0.727. The van der Waals surface area contributed by atoms with E-state index in [2.05, 4.69) is 40.5 Å². The van der Waals surface area contributed by atoms with Crippen molar-refractivity contribution in [2.75, 3.05) is 31.5 Å². The maximum Gasteiger partial charge on any atom is 0.202 e. The Morgan fingerprint density at radius 1 is 1.33 bits per heavy atom. The molecule has 15 heavy (non-hydrogen) atoms. The lowest BCUT2D eigenvalue weighted by Crippen LogP contribution is -2.27. The number of rotatable bonds is 7. The quantitative estimate of drug-likeness (QED) is 0.743. The van der Waals surface area contributed by atoms with Gasteiger partial charge in [-0.05, 0) is 20.0 Å². The van der Waals surface area contributed by atoms with Gasteiger partial charge in [0.1, 0.15) is 0 Å². The summed E-state index contributed by atoms with van der Waals surface area (Å²) in [7, 11) is 0. The summed E-state index contributed by atoms with van der Waals surface area (Å²) in [6, 6.07) is 0. The number of anilines is 1. The summed E-state index contributed by atoms with van der Waals surface area (Å²) in [6.07, 6.45) is 3.88. The highest BCUT2D eigenvalue weighted by molar-refractivity contribution is 5.25. The van der Waals surface area contributed by atoms with E-state index in [-0.39, 0.29) is 0 Å². The van der Waals surface area contributed by atoms with Crippen LogP contribution in [0.25, 0.3) is 0 Å². The molecule has 0 fully saturated rings. The molecule has 0 saturated heterocycles. The molecule has 0 unspecified atom stereocenters. The predicted octanol–water partition coefficient (Wildman–Crippen LogP) is 1.66. The summed E-state index contributed by atoms with van der Waals surface area (Å²) < 4.78 is 2.17. The third kappa shape index (κ3) is 3.55. The van der Waals surface area contributed by atoms with Crippen LogP contribution < -0.4 is 5.32 Å². The van der Waals surface area contributed by atoms with Crippen molar-refractivity contribution in [3.05, 3.63) is 12.4 Å². The minimum absolute atomic E-state index is 0.919. The summed E-state index contributed by atoms with van der Waals surface area (Å²) >= 11 is 0. The molecule has 1 heterocycles. The maximum absolute atomic E-state index is 4.27. The van der Waals surface area contributed by atoms with E-state index in [0.717, 1.165) is 38.7 Å². The van der Waals surface area contributed by atoms with Crippen molar-refractivity contribution in [3.63, 3.8) is 0 Å². The Kier molecular flexibility index (Phi) is 5.18. The van der Waals surface area contributed by atoms with E-state index >= 15 is 0 Å². The molecule has 4 nitrogen and oxygen atoms in total. The number of nitrogens with one attached hydrogen (secondary N) is 1. The van der Waals surface area contributed by atoms with Crippen LogP contribution >= 0.6 is 0 Å². The van der Waals surface area contributed by atoms with Crippen molar-refractivity contribution in [1.82, 2.24) is 14.5 Å². The molecule has 0 saturated carbocycles. The molecular weight excluding hydrogens is 188 g/mol. The van der Waals surface area contributed by atoms with Crippen LogP contribution in [0.2, 0.25) is 0 Å². The van der Waals surface area contributed by atoms with E-state index in [1.165, 1.54) is 0 Å². The number of hydrogen-bond acceptors (Lipinski definition) is 3. The second kappa shape index (κ2) is 6.45. The molecule has 86 valence electrons. The molecule has 0 amide bonds. The van der Waals surface area contributed by atoms with Crippen LogP contribution in [0.4, 0.5) is 5.95 Å². The number of hydrogen-bond donors (Lipinski definition) is 1. The van der Waals surface area contributed by atoms with E-state index in [1.807, 2.05) is 12.4 Å². The van der Waals surface area contributed by atoms with Crippen molar-refractivity contribution in [1.29, 1.82) is 0 Å². The van der Waals surface area contributed by atoms with Gasteiger partial charge in [0, 0.05) is 32.0 Å². The van der Waals surface area contributed by atoms with Crippen molar-refractivity contribution in [3.8, 4) is 0 Å². The smallest absolute Gasteiger partial charge is 0.202 e. The second-order valence-electron chi connectivity index (χ2n) is 3.50. The Hall–Kier alpha value is -1.03. The van der Waals surface area contributed by atoms with Gasteiger partial charge in [0.2, 0.25) is 5.95 Å². The molecule has 0 aliphatic rings. The Labute approximate surface area is 92.3 Å². The molecule has 0 bridgehead atoms. The lowest BCUT2D eigenvalue weighted by atomic mass is 10.4. The molecule has 0 aliphatic carbocycles. The van der Waals surface area contributed by atoms with E-state index in [1.54, 1.807) is 0 Å². The normalized spacial score (nSPS) is 10.9. The number of imidazole rings is 1. The Morgan fingerprint density at radius 2 is 2.07 bits per heavy atom. The number of aromatic nitrogens is 2. The summed E-state index contributed by atoms with van der Waals surface area (Å²) in [4.78, 5) is 6.68. The third-order valence-corrected chi connectivity index (χ3v) is 2.60. The summed E-state index contributed by atoms with van der Waals surface area (Å²) in [5, 5.41) is 3.25. The van der Waals surface area contributed by atoms with Crippen molar-refractivity contribution >= 4 is 5.95 Å². The van der Waals surface area contributed by atoms with E-state index in [0.29, 0.717) is 0 Å². The predicted molar refractivity (Wildman–Crippen MR) is 64.2 cm³/mol. The zero-order valence-corrected chi connectivity index (χ0v) is 10.0. The molecule has 0 aliphatic heterocycles. The van der Waals surface area contributed by atoms with Crippen LogP contribution in [0.15, 0.2) is 12.4 Å². The van der Waals surface area contributed by atoms with Crippen LogP contribution in [0.1, 0.15) is 20.8 Å². The Morgan fingerprint density at radius 3 is 2.67 bits per heavy atom. The first-order chi connectivity index (χ1) is 7.31. The highest BCUT2D eigenvalue weighted by Gasteiger charge is 2.03. The lowest BCUT2D eigenvalue weighted by molar-refractivity contribution is 0.291. The van der Waals surface area contributed by atoms with Gasteiger partial charge in [0.25, 0.3) is 0 Å². The molecule has 0 atom stereocenters. The molecule has 4 heteroatoms. The number of likely N-dealkylation sites (N-methyl/N-ethyl adjacent to an activating group) is 1. The summed E-state index contributed by atoms with van der Waals surface area (Å²) in [6.45, 7) is 11.7.